The first kappa shape index (κ1) is 28.7. The van der Waals surface area contributed by atoms with Crippen molar-refractivity contribution in [3.05, 3.63) is 100 Å². The van der Waals surface area contributed by atoms with Crippen molar-refractivity contribution < 1.29 is 27.4 Å². The Balaban J connectivity index is 1.32. The Morgan fingerprint density at radius 1 is 0.974 bits per heavy atom. The summed E-state index contributed by atoms with van der Waals surface area (Å²) in [5.41, 5.74) is 1.79. The number of rotatable bonds is 9. The van der Waals surface area contributed by atoms with Gasteiger partial charge in [-0.05, 0) is 41.5 Å². The van der Waals surface area contributed by atoms with Gasteiger partial charge in [-0.15, -0.1) is 0 Å². The zero-order chi connectivity index (χ0) is 27.8. The van der Waals surface area contributed by atoms with Crippen LogP contribution in [0.15, 0.2) is 72.8 Å². The fourth-order valence-corrected chi connectivity index (χ4v) is 4.54. The molecule has 1 heterocycles. The predicted molar refractivity (Wildman–Crippen MR) is 144 cm³/mol. The summed E-state index contributed by atoms with van der Waals surface area (Å²) in [6, 6.07) is 19.8. The number of ether oxygens (including phenoxy) is 2. The molecule has 3 aromatic rings. The number of methoxy groups -OCH3 is 1. The lowest BCUT2D eigenvalue weighted by Crippen LogP contribution is -2.52. The highest BCUT2D eigenvalue weighted by atomic mass is 35.5. The molecule has 1 atom stereocenters. The number of benzene rings is 3. The van der Waals surface area contributed by atoms with Gasteiger partial charge in [-0.3, -0.25) is 4.90 Å². The third-order valence-corrected chi connectivity index (χ3v) is 6.93. The van der Waals surface area contributed by atoms with Gasteiger partial charge in [-0.1, -0.05) is 54.1 Å². The Kier molecular flexibility index (Phi) is 9.72. The van der Waals surface area contributed by atoms with Crippen molar-refractivity contribution in [1.29, 1.82) is 0 Å². The highest BCUT2D eigenvalue weighted by Crippen LogP contribution is 2.30. The lowest BCUT2D eigenvalue weighted by molar-refractivity contribution is -0.137. The fraction of sp³-hybridized carbons (Fsp3) is 0.345. The van der Waals surface area contributed by atoms with E-state index in [1.807, 2.05) is 36.4 Å². The van der Waals surface area contributed by atoms with Crippen LogP contribution in [0.3, 0.4) is 0 Å². The molecule has 4 rings (SSSR count). The minimum Gasteiger partial charge on any atom is -0.496 e. The van der Waals surface area contributed by atoms with Gasteiger partial charge >= 0.3 is 12.2 Å². The van der Waals surface area contributed by atoms with Crippen molar-refractivity contribution in [2.24, 2.45) is 0 Å². The molecule has 0 spiro atoms. The van der Waals surface area contributed by atoms with Gasteiger partial charge in [0.1, 0.15) is 5.75 Å². The number of carbonyl (C=O) groups excluding carboxylic acids is 1. The molecule has 1 saturated heterocycles. The molecule has 0 saturated carbocycles. The average Bonchev–Trinajstić information content (AvgIpc) is 2.94. The van der Waals surface area contributed by atoms with Gasteiger partial charge in [0.2, 0.25) is 0 Å². The van der Waals surface area contributed by atoms with Crippen LogP contribution < -0.4 is 10.1 Å². The summed E-state index contributed by atoms with van der Waals surface area (Å²) in [4.78, 5) is 16.7. The number of halogens is 4. The molecule has 3 aromatic carbocycles. The van der Waals surface area contributed by atoms with Crippen molar-refractivity contribution in [1.82, 2.24) is 15.1 Å². The largest absolute Gasteiger partial charge is 0.496 e. The highest BCUT2D eigenvalue weighted by molar-refractivity contribution is 6.30. The summed E-state index contributed by atoms with van der Waals surface area (Å²) < 4.78 is 50.2. The number of urea groups is 1. The van der Waals surface area contributed by atoms with E-state index in [-0.39, 0.29) is 18.7 Å². The smallest absolute Gasteiger partial charge is 0.416 e. The summed E-state index contributed by atoms with van der Waals surface area (Å²) in [6.45, 7) is 3.55. The average molecular weight is 562 g/mol. The van der Waals surface area contributed by atoms with E-state index in [4.69, 9.17) is 21.1 Å². The van der Waals surface area contributed by atoms with Crippen LogP contribution in [0.5, 0.6) is 5.75 Å². The van der Waals surface area contributed by atoms with E-state index >= 15 is 0 Å². The molecule has 0 bridgehead atoms. The number of hydrogen-bond acceptors (Lipinski definition) is 4. The van der Waals surface area contributed by atoms with Crippen LogP contribution in [0.4, 0.5) is 18.0 Å². The molecule has 0 radical (unpaired) electrons. The SMILES string of the molecule is COc1ccccc1CNC(=O)N1CCN(C[C@@H](OCc2ccc(C(F)(F)F)cc2)c2ccc(Cl)cc2)CC1. The second kappa shape index (κ2) is 13.2. The standard InChI is InChI=1S/C29H31ClF3N3O3/c1-38-26-5-3-2-4-23(26)18-34-28(37)36-16-14-35(15-17-36)19-27(22-8-12-25(30)13-9-22)39-20-21-6-10-24(11-7-21)29(31,32)33/h2-13,27H,14-20H2,1H3,(H,34,37)/t27-/m1/s1. The maximum atomic E-state index is 12.9. The van der Waals surface area contributed by atoms with Crippen molar-refractivity contribution in [2.75, 3.05) is 39.8 Å². The molecular weight excluding hydrogens is 531 g/mol. The van der Waals surface area contributed by atoms with Crippen molar-refractivity contribution >= 4 is 17.6 Å². The third kappa shape index (κ3) is 8.11. The first-order valence-corrected chi connectivity index (χ1v) is 13.0. The van der Waals surface area contributed by atoms with Gasteiger partial charge in [0.05, 0.1) is 25.4 Å². The van der Waals surface area contributed by atoms with Crippen LogP contribution in [-0.2, 0) is 24.1 Å². The molecule has 0 unspecified atom stereocenters. The van der Waals surface area contributed by atoms with Crippen LogP contribution in [0, 0.1) is 0 Å². The zero-order valence-corrected chi connectivity index (χ0v) is 22.3. The summed E-state index contributed by atoms with van der Waals surface area (Å²) in [6.07, 6.45) is -4.70. The van der Waals surface area contributed by atoms with Crippen LogP contribution in [-0.4, -0.2) is 55.7 Å². The minimum atomic E-state index is -4.38. The molecule has 1 aliphatic heterocycles. The van der Waals surface area contributed by atoms with Gasteiger partial charge in [-0.2, -0.15) is 13.2 Å². The maximum absolute atomic E-state index is 12.9. The van der Waals surface area contributed by atoms with Gasteiger partial charge in [0.25, 0.3) is 0 Å². The number of alkyl halides is 3. The molecule has 2 amide bonds. The zero-order valence-electron chi connectivity index (χ0n) is 21.6. The summed E-state index contributed by atoms with van der Waals surface area (Å²) >= 11 is 6.07. The topological polar surface area (TPSA) is 54.0 Å². The Hall–Kier alpha value is -3.27. The number of piperazine rings is 1. The number of nitrogens with one attached hydrogen (secondary N) is 1. The fourth-order valence-electron chi connectivity index (χ4n) is 4.42. The number of hydrogen-bond donors (Lipinski definition) is 1. The summed E-state index contributed by atoms with van der Waals surface area (Å²) in [7, 11) is 1.60. The third-order valence-electron chi connectivity index (χ3n) is 6.68. The Labute approximate surface area is 231 Å². The normalized spacial score (nSPS) is 15.2. The first-order chi connectivity index (χ1) is 18.7. The van der Waals surface area contributed by atoms with E-state index in [1.54, 1.807) is 24.1 Å². The Morgan fingerprint density at radius 2 is 1.64 bits per heavy atom. The van der Waals surface area contributed by atoms with Crippen molar-refractivity contribution in [3.63, 3.8) is 0 Å². The van der Waals surface area contributed by atoms with Crippen LogP contribution in [0.1, 0.15) is 28.4 Å². The van der Waals surface area contributed by atoms with Crippen molar-refractivity contribution in [2.45, 2.75) is 25.4 Å². The second-order valence-electron chi connectivity index (χ2n) is 9.30. The quantitative estimate of drug-likeness (QED) is 0.340. The molecule has 39 heavy (non-hydrogen) atoms. The van der Waals surface area contributed by atoms with Crippen LogP contribution in [0.25, 0.3) is 0 Å². The maximum Gasteiger partial charge on any atom is 0.416 e. The molecule has 10 heteroatoms. The lowest BCUT2D eigenvalue weighted by Gasteiger charge is -2.36. The summed E-state index contributed by atoms with van der Waals surface area (Å²) in [5.74, 6) is 0.729. The van der Waals surface area contributed by atoms with E-state index in [9.17, 15) is 18.0 Å². The van der Waals surface area contributed by atoms with Gasteiger partial charge in [0, 0.05) is 49.9 Å². The molecule has 0 aromatic heterocycles. The molecule has 1 fully saturated rings. The molecule has 1 aliphatic rings. The number of para-hydroxylation sites is 1. The van der Waals surface area contributed by atoms with Gasteiger partial charge in [-0.25, -0.2) is 4.79 Å². The van der Waals surface area contributed by atoms with Crippen LogP contribution in [0.2, 0.25) is 5.02 Å². The summed E-state index contributed by atoms with van der Waals surface area (Å²) in [5, 5.41) is 3.57. The van der Waals surface area contributed by atoms with E-state index in [0.717, 1.165) is 29.0 Å². The van der Waals surface area contributed by atoms with Gasteiger partial charge < -0.3 is 19.7 Å². The molecular formula is C29H31ClF3N3O3. The minimum absolute atomic E-state index is 0.131. The second-order valence-corrected chi connectivity index (χ2v) is 9.74. The Morgan fingerprint density at radius 3 is 2.28 bits per heavy atom. The van der Waals surface area contributed by atoms with E-state index in [2.05, 4.69) is 10.2 Å². The van der Waals surface area contributed by atoms with Crippen molar-refractivity contribution in [3.8, 4) is 5.75 Å². The highest BCUT2D eigenvalue weighted by Gasteiger charge is 2.30. The van der Waals surface area contributed by atoms with Crippen LogP contribution >= 0.6 is 11.6 Å². The van der Waals surface area contributed by atoms with E-state index < -0.39 is 11.7 Å². The molecule has 6 nitrogen and oxygen atoms in total. The monoisotopic (exact) mass is 561 g/mol. The Bertz CT molecular complexity index is 1210. The van der Waals surface area contributed by atoms with Gasteiger partial charge in [0.15, 0.2) is 0 Å². The molecule has 208 valence electrons. The molecule has 1 N–H and O–H groups in total. The number of nitrogens with zero attached hydrogens (tertiary/aromatic N) is 2. The van der Waals surface area contributed by atoms with E-state index in [1.165, 1.54) is 12.1 Å². The lowest BCUT2D eigenvalue weighted by atomic mass is 10.1. The number of carbonyl (C=O) groups is 1. The number of amides is 2. The molecule has 0 aliphatic carbocycles. The van der Waals surface area contributed by atoms with E-state index in [0.29, 0.717) is 49.9 Å². The first-order valence-electron chi connectivity index (χ1n) is 12.6. The predicted octanol–water partition coefficient (Wildman–Crippen LogP) is 6.15.